The molecule has 0 aliphatic heterocycles. The minimum absolute atomic E-state index is 0.218. The van der Waals surface area contributed by atoms with E-state index in [2.05, 4.69) is 5.32 Å². The Morgan fingerprint density at radius 2 is 2.00 bits per heavy atom. The quantitative estimate of drug-likeness (QED) is 0.497. The van der Waals surface area contributed by atoms with Gasteiger partial charge in [-0.15, -0.1) is 0 Å². The Hall–Kier alpha value is -1.10. The molecule has 0 saturated heterocycles. The number of rotatable bonds is 7. The molecule has 1 atom stereocenters. The zero-order chi connectivity index (χ0) is 10.3. The van der Waals surface area contributed by atoms with Crippen molar-refractivity contribution in [2.45, 2.75) is 19.8 Å². The van der Waals surface area contributed by atoms with Gasteiger partial charge in [0.1, 0.15) is 0 Å². The van der Waals surface area contributed by atoms with E-state index >= 15 is 0 Å². The van der Waals surface area contributed by atoms with Gasteiger partial charge in [-0.25, -0.2) is 0 Å². The van der Waals surface area contributed by atoms with Crippen molar-refractivity contribution < 1.29 is 19.8 Å². The molecular weight excluding hydrogens is 174 g/mol. The molecule has 0 aromatic rings. The third-order valence-electron chi connectivity index (χ3n) is 1.59. The topological polar surface area (TPSA) is 86.6 Å². The van der Waals surface area contributed by atoms with E-state index in [4.69, 9.17) is 10.2 Å². The van der Waals surface area contributed by atoms with Crippen molar-refractivity contribution >= 4 is 11.9 Å². The molecule has 0 fully saturated rings. The minimum Gasteiger partial charge on any atom is -0.481 e. The standard InChI is InChI=1S/C8H15NO4/c1-2-3-9-5-6(8(12)13)4-7(10)11/h6,9H,2-5H2,1H3,(H,10,11)(H,12,13). The molecule has 5 nitrogen and oxygen atoms in total. The Balaban J connectivity index is 3.81. The first-order valence-electron chi connectivity index (χ1n) is 4.23. The summed E-state index contributed by atoms with van der Waals surface area (Å²) in [5.74, 6) is -2.97. The number of carbonyl (C=O) groups is 2. The molecule has 0 aliphatic rings. The molecule has 0 heterocycles. The fourth-order valence-corrected chi connectivity index (χ4v) is 0.911. The first-order valence-corrected chi connectivity index (χ1v) is 4.23. The molecule has 0 aromatic heterocycles. The van der Waals surface area contributed by atoms with Gasteiger partial charge >= 0.3 is 11.9 Å². The van der Waals surface area contributed by atoms with E-state index in [1.165, 1.54) is 0 Å². The van der Waals surface area contributed by atoms with Gasteiger partial charge in [0.15, 0.2) is 0 Å². The Bertz CT molecular complexity index is 181. The zero-order valence-electron chi connectivity index (χ0n) is 7.62. The molecule has 0 radical (unpaired) electrons. The predicted octanol–water partition coefficient (Wildman–Crippen LogP) is 0.161. The van der Waals surface area contributed by atoms with E-state index in [1.807, 2.05) is 6.92 Å². The summed E-state index contributed by atoms with van der Waals surface area (Å²) in [7, 11) is 0. The summed E-state index contributed by atoms with van der Waals surface area (Å²) < 4.78 is 0. The Morgan fingerprint density at radius 3 is 2.38 bits per heavy atom. The van der Waals surface area contributed by atoms with E-state index < -0.39 is 17.9 Å². The van der Waals surface area contributed by atoms with Gasteiger partial charge < -0.3 is 15.5 Å². The summed E-state index contributed by atoms with van der Waals surface area (Å²) >= 11 is 0. The predicted molar refractivity (Wildman–Crippen MR) is 46.5 cm³/mol. The summed E-state index contributed by atoms with van der Waals surface area (Å²) in [5.41, 5.74) is 0. The maximum absolute atomic E-state index is 10.5. The highest BCUT2D eigenvalue weighted by Gasteiger charge is 2.19. The molecular formula is C8H15NO4. The molecule has 0 rings (SSSR count). The van der Waals surface area contributed by atoms with Crippen molar-refractivity contribution in [3.63, 3.8) is 0 Å². The Kier molecular flexibility index (Phi) is 5.88. The maximum Gasteiger partial charge on any atom is 0.308 e. The van der Waals surface area contributed by atoms with Crippen molar-refractivity contribution in [1.29, 1.82) is 0 Å². The minimum atomic E-state index is -1.08. The van der Waals surface area contributed by atoms with E-state index in [0.717, 1.165) is 6.42 Å². The summed E-state index contributed by atoms with van der Waals surface area (Å²) in [6.07, 6.45) is 0.575. The number of carboxylic acids is 2. The highest BCUT2D eigenvalue weighted by Crippen LogP contribution is 2.01. The third-order valence-corrected chi connectivity index (χ3v) is 1.59. The Morgan fingerprint density at radius 1 is 1.38 bits per heavy atom. The second-order valence-electron chi connectivity index (χ2n) is 2.84. The van der Waals surface area contributed by atoms with Crippen LogP contribution in [0.2, 0.25) is 0 Å². The Labute approximate surface area is 76.8 Å². The van der Waals surface area contributed by atoms with Crippen LogP contribution in [0.3, 0.4) is 0 Å². The largest absolute Gasteiger partial charge is 0.481 e. The van der Waals surface area contributed by atoms with Crippen LogP contribution in [0, 0.1) is 5.92 Å². The first kappa shape index (κ1) is 11.9. The van der Waals surface area contributed by atoms with Crippen molar-refractivity contribution in [3.05, 3.63) is 0 Å². The van der Waals surface area contributed by atoms with Crippen molar-refractivity contribution in [1.82, 2.24) is 5.32 Å². The smallest absolute Gasteiger partial charge is 0.308 e. The van der Waals surface area contributed by atoms with Crippen LogP contribution in [-0.4, -0.2) is 35.2 Å². The molecule has 0 bridgehead atoms. The van der Waals surface area contributed by atoms with E-state index in [9.17, 15) is 9.59 Å². The molecule has 3 N–H and O–H groups in total. The van der Waals surface area contributed by atoms with Crippen LogP contribution in [-0.2, 0) is 9.59 Å². The summed E-state index contributed by atoms with van der Waals surface area (Å²) in [5, 5.41) is 19.9. The number of hydrogen-bond donors (Lipinski definition) is 3. The summed E-state index contributed by atoms with van der Waals surface area (Å²) in [4.78, 5) is 20.8. The normalized spacial score (nSPS) is 12.4. The molecule has 5 heteroatoms. The number of nitrogens with one attached hydrogen (secondary N) is 1. The third kappa shape index (κ3) is 6.10. The van der Waals surface area contributed by atoms with E-state index in [-0.39, 0.29) is 13.0 Å². The molecule has 0 amide bonds. The lowest BCUT2D eigenvalue weighted by Gasteiger charge is -2.09. The molecule has 76 valence electrons. The second-order valence-corrected chi connectivity index (χ2v) is 2.84. The zero-order valence-corrected chi connectivity index (χ0v) is 7.62. The van der Waals surface area contributed by atoms with Crippen molar-refractivity contribution in [3.8, 4) is 0 Å². The van der Waals surface area contributed by atoms with Gasteiger partial charge in [0.2, 0.25) is 0 Å². The fraction of sp³-hybridized carbons (Fsp3) is 0.750. The molecule has 13 heavy (non-hydrogen) atoms. The summed E-state index contributed by atoms with van der Waals surface area (Å²) in [6.45, 7) is 2.89. The first-order chi connectivity index (χ1) is 6.07. The van der Waals surface area contributed by atoms with Crippen LogP contribution in [0.25, 0.3) is 0 Å². The number of hydrogen-bond acceptors (Lipinski definition) is 3. The lowest BCUT2D eigenvalue weighted by atomic mass is 10.1. The molecule has 1 unspecified atom stereocenters. The monoisotopic (exact) mass is 189 g/mol. The lowest BCUT2D eigenvalue weighted by molar-refractivity contribution is -0.148. The lowest BCUT2D eigenvalue weighted by Crippen LogP contribution is -2.30. The van der Waals surface area contributed by atoms with Gasteiger partial charge in [0.05, 0.1) is 12.3 Å². The molecule has 0 saturated carbocycles. The van der Waals surface area contributed by atoms with Gasteiger partial charge in [-0.3, -0.25) is 9.59 Å². The highest BCUT2D eigenvalue weighted by molar-refractivity contribution is 5.77. The SMILES string of the molecule is CCCNCC(CC(=O)O)C(=O)O. The van der Waals surface area contributed by atoms with E-state index in [1.54, 1.807) is 0 Å². The van der Waals surface area contributed by atoms with Crippen LogP contribution in [0.15, 0.2) is 0 Å². The van der Waals surface area contributed by atoms with Gasteiger partial charge in [-0.1, -0.05) is 6.92 Å². The van der Waals surface area contributed by atoms with Crippen LogP contribution >= 0.6 is 0 Å². The van der Waals surface area contributed by atoms with Crippen molar-refractivity contribution in [2.75, 3.05) is 13.1 Å². The van der Waals surface area contributed by atoms with Crippen LogP contribution < -0.4 is 5.32 Å². The molecule has 0 spiro atoms. The average Bonchev–Trinajstić information content (AvgIpc) is 2.02. The van der Waals surface area contributed by atoms with Gasteiger partial charge in [-0.2, -0.15) is 0 Å². The van der Waals surface area contributed by atoms with Gasteiger partial charge in [0.25, 0.3) is 0 Å². The van der Waals surface area contributed by atoms with Gasteiger partial charge in [0, 0.05) is 6.54 Å². The van der Waals surface area contributed by atoms with E-state index in [0.29, 0.717) is 6.54 Å². The summed E-state index contributed by atoms with van der Waals surface area (Å²) in [6, 6.07) is 0. The van der Waals surface area contributed by atoms with Crippen LogP contribution in [0.1, 0.15) is 19.8 Å². The van der Waals surface area contributed by atoms with Crippen molar-refractivity contribution in [2.24, 2.45) is 5.92 Å². The van der Waals surface area contributed by atoms with Crippen LogP contribution in [0.5, 0.6) is 0 Å². The average molecular weight is 189 g/mol. The second kappa shape index (κ2) is 6.42. The van der Waals surface area contributed by atoms with Gasteiger partial charge in [-0.05, 0) is 13.0 Å². The van der Waals surface area contributed by atoms with Crippen LogP contribution in [0.4, 0.5) is 0 Å². The highest BCUT2D eigenvalue weighted by atomic mass is 16.4. The number of aliphatic carboxylic acids is 2. The number of carboxylic acid groups (broad SMARTS) is 2. The molecule has 0 aliphatic carbocycles. The maximum atomic E-state index is 10.5. The fourth-order valence-electron chi connectivity index (χ4n) is 0.911. The molecule has 0 aromatic carbocycles.